The highest BCUT2D eigenvalue weighted by Crippen LogP contribution is 2.35. The lowest BCUT2D eigenvalue weighted by atomic mass is 10.1. The summed E-state index contributed by atoms with van der Waals surface area (Å²) in [6.07, 6.45) is 1.08. The Morgan fingerprint density at radius 1 is 0.925 bits per heavy atom. The first-order valence-electron chi connectivity index (χ1n) is 13.2. The van der Waals surface area contributed by atoms with E-state index in [9.17, 15) is 18.0 Å². The average molecular weight is 605 g/mol. The van der Waals surface area contributed by atoms with Gasteiger partial charge in [0.05, 0.1) is 20.6 Å². The van der Waals surface area contributed by atoms with E-state index in [1.165, 1.54) is 23.1 Å². The SMILES string of the molecule is CCCNC(=O)[C@H](CC)N(Cc1ccccc1C)C(=O)CN(c1cccc(Cl)c1Cl)S(=O)(=O)c1ccc(C)cc1. The number of carbonyl (C=O) groups excluding carboxylic acids is 2. The number of amides is 2. The molecular weight excluding hydrogens is 569 g/mol. The Balaban J connectivity index is 2.11. The van der Waals surface area contributed by atoms with Crippen LogP contribution in [0.3, 0.4) is 0 Å². The van der Waals surface area contributed by atoms with Gasteiger partial charge in [0, 0.05) is 13.1 Å². The van der Waals surface area contributed by atoms with Crippen molar-refractivity contribution in [3.8, 4) is 0 Å². The average Bonchev–Trinajstić information content (AvgIpc) is 2.93. The summed E-state index contributed by atoms with van der Waals surface area (Å²) < 4.78 is 28.9. The van der Waals surface area contributed by atoms with Crippen LogP contribution in [0.25, 0.3) is 0 Å². The van der Waals surface area contributed by atoms with Crippen molar-refractivity contribution >= 4 is 50.7 Å². The Hall–Kier alpha value is -3.07. The summed E-state index contributed by atoms with van der Waals surface area (Å²) >= 11 is 12.8. The van der Waals surface area contributed by atoms with Gasteiger partial charge in [0.25, 0.3) is 10.0 Å². The molecule has 0 fully saturated rings. The minimum Gasteiger partial charge on any atom is -0.354 e. The highest BCUT2D eigenvalue weighted by Gasteiger charge is 2.34. The monoisotopic (exact) mass is 603 g/mol. The topological polar surface area (TPSA) is 86.8 Å². The first kappa shape index (κ1) is 31.5. The van der Waals surface area contributed by atoms with Gasteiger partial charge in [-0.05, 0) is 62.1 Å². The van der Waals surface area contributed by atoms with E-state index in [2.05, 4.69) is 5.32 Å². The second kappa shape index (κ2) is 14.0. The fourth-order valence-electron chi connectivity index (χ4n) is 4.29. The molecule has 0 radical (unpaired) electrons. The lowest BCUT2D eigenvalue weighted by Crippen LogP contribution is -2.52. The minimum absolute atomic E-state index is 0.000117. The lowest BCUT2D eigenvalue weighted by Gasteiger charge is -2.33. The Kier molecular flexibility index (Phi) is 11.0. The highest BCUT2D eigenvalue weighted by atomic mass is 35.5. The van der Waals surface area contributed by atoms with E-state index < -0.39 is 28.5 Å². The van der Waals surface area contributed by atoms with Gasteiger partial charge in [0.2, 0.25) is 11.8 Å². The number of hydrogen-bond donors (Lipinski definition) is 1. The molecule has 3 aromatic carbocycles. The number of halogens is 2. The number of anilines is 1. The molecule has 10 heteroatoms. The number of aryl methyl sites for hydroxylation is 2. The zero-order chi connectivity index (χ0) is 29.4. The molecule has 7 nitrogen and oxygen atoms in total. The maximum absolute atomic E-state index is 14.1. The normalized spacial score (nSPS) is 12.1. The van der Waals surface area contributed by atoms with Crippen LogP contribution in [0.1, 0.15) is 43.4 Å². The van der Waals surface area contributed by atoms with Gasteiger partial charge in [-0.1, -0.05) is 85.1 Å². The van der Waals surface area contributed by atoms with Crippen LogP contribution in [0.4, 0.5) is 5.69 Å². The van der Waals surface area contributed by atoms with Crippen LogP contribution in [-0.4, -0.2) is 44.3 Å². The van der Waals surface area contributed by atoms with Gasteiger partial charge < -0.3 is 10.2 Å². The molecule has 2 amide bonds. The molecule has 3 rings (SSSR count). The Morgan fingerprint density at radius 3 is 2.23 bits per heavy atom. The Bertz CT molecular complexity index is 1450. The molecule has 0 aliphatic rings. The molecule has 0 bridgehead atoms. The van der Waals surface area contributed by atoms with E-state index in [1.807, 2.05) is 52.0 Å². The van der Waals surface area contributed by atoms with Crippen molar-refractivity contribution in [3.63, 3.8) is 0 Å². The predicted molar refractivity (Wildman–Crippen MR) is 161 cm³/mol. The van der Waals surface area contributed by atoms with Crippen molar-refractivity contribution in [2.45, 2.75) is 58.0 Å². The van der Waals surface area contributed by atoms with Gasteiger partial charge in [-0.3, -0.25) is 13.9 Å². The van der Waals surface area contributed by atoms with Gasteiger partial charge in [-0.25, -0.2) is 8.42 Å². The Labute approximate surface area is 247 Å². The summed E-state index contributed by atoms with van der Waals surface area (Å²) in [5.41, 5.74) is 2.76. The smallest absolute Gasteiger partial charge is 0.264 e. The molecule has 3 aromatic rings. The molecule has 0 saturated heterocycles. The van der Waals surface area contributed by atoms with E-state index in [0.29, 0.717) is 13.0 Å². The quantitative estimate of drug-likeness (QED) is 0.269. The number of rotatable bonds is 12. The van der Waals surface area contributed by atoms with Crippen molar-refractivity contribution in [3.05, 3.63) is 93.5 Å². The van der Waals surface area contributed by atoms with Crippen LogP contribution >= 0.6 is 23.2 Å². The number of sulfonamides is 1. The number of nitrogens with one attached hydrogen (secondary N) is 1. The van der Waals surface area contributed by atoms with Crippen LogP contribution in [0.2, 0.25) is 10.0 Å². The zero-order valence-corrected chi connectivity index (χ0v) is 25.5. The minimum atomic E-state index is -4.24. The molecule has 0 aliphatic carbocycles. The van der Waals surface area contributed by atoms with E-state index in [1.54, 1.807) is 24.3 Å². The number of nitrogens with zero attached hydrogens (tertiary/aromatic N) is 2. The fourth-order valence-corrected chi connectivity index (χ4v) is 6.17. The third kappa shape index (κ3) is 7.36. The summed E-state index contributed by atoms with van der Waals surface area (Å²) in [6.45, 7) is 7.56. The van der Waals surface area contributed by atoms with E-state index >= 15 is 0 Å². The first-order valence-corrected chi connectivity index (χ1v) is 15.4. The molecular formula is C30H35Cl2N3O4S. The number of hydrogen-bond acceptors (Lipinski definition) is 4. The zero-order valence-electron chi connectivity index (χ0n) is 23.2. The molecule has 0 heterocycles. The second-order valence-electron chi connectivity index (χ2n) is 9.56. The van der Waals surface area contributed by atoms with Gasteiger partial charge in [-0.15, -0.1) is 0 Å². The molecule has 0 aliphatic heterocycles. The van der Waals surface area contributed by atoms with Gasteiger partial charge >= 0.3 is 0 Å². The van der Waals surface area contributed by atoms with Gasteiger partial charge in [-0.2, -0.15) is 0 Å². The first-order chi connectivity index (χ1) is 19.0. The molecule has 1 N–H and O–H groups in total. The summed E-state index contributed by atoms with van der Waals surface area (Å²) in [6, 6.07) is 17.7. The summed E-state index contributed by atoms with van der Waals surface area (Å²) in [4.78, 5) is 28.7. The van der Waals surface area contributed by atoms with Crippen molar-refractivity contribution in [2.75, 3.05) is 17.4 Å². The van der Waals surface area contributed by atoms with Gasteiger partial charge in [0.15, 0.2) is 0 Å². The van der Waals surface area contributed by atoms with Gasteiger partial charge in [0.1, 0.15) is 12.6 Å². The van der Waals surface area contributed by atoms with E-state index in [4.69, 9.17) is 23.2 Å². The molecule has 0 unspecified atom stereocenters. The van der Waals surface area contributed by atoms with Crippen LogP contribution in [0.5, 0.6) is 0 Å². The third-order valence-corrected chi connectivity index (χ3v) is 9.21. The standard InChI is InChI=1S/C30H35Cl2N3O4S/c1-5-18-33-30(37)26(6-2)34(19-23-11-8-7-10-22(23)4)28(36)20-35(27-13-9-12-25(31)29(27)32)40(38,39)24-16-14-21(3)15-17-24/h7-17,26H,5-6,18-20H2,1-4H3,(H,33,37)/t26-/m0/s1. The molecule has 0 aromatic heterocycles. The third-order valence-electron chi connectivity index (χ3n) is 6.62. The molecule has 214 valence electrons. The molecule has 0 saturated carbocycles. The largest absolute Gasteiger partial charge is 0.354 e. The lowest BCUT2D eigenvalue weighted by molar-refractivity contribution is -0.140. The highest BCUT2D eigenvalue weighted by molar-refractivity contribution is 7.92. The van der Waals surface area contributed by atoms with E-state index in [-0.39, 0.29) is 33.1 Å². The molecule has 0 spiro atoms. The molecule has 40 heavy (non-hydrogen) atoms. The maximum atomic E-state index is 14.1. The number of carbonyl (C=O) groups is 2. The fraction of sp³-hybridized carbons (Fsp3) is 0.333. The van der Waals surface area contributed by atoms with Crippen molar-refractivity contribution in [1.29, 1.82) is 0 Å². The Morgan fingerprint density at radius 2 is 1.60 bits per heavy atom. The van der Waals surface area contributed by atoms with Crippen molar-refractivity contribution in [2.24, 2.45) is 0 Å². The summed E-state index contributed by atoms with van der Waals surface area (Å²) in [7, 11) is -4.24. The predicted octanol–water partition coefficient (Wildman–Crippen LogP) is 6.14. The summed E-state index contributed by atoms with van der Waals surface area (Å²) in [5, 5.41) is 3.04. The summed E-state index contributed by atoms with van der Waals surface area (Å²) in [5.74, 6) is -0.839. The van der Waals surface area contributed by atoms with E-state index in [0.717, 1.165) is 27.4 Å². The van der Waals surface area contributed by atoms with Crippen LogP contribution in [0, 0.1) is 13.8 Å². The van der Waals surface area contributed by atoms with Crippen molar-refractivity contribution < 1.29 is 18.0 Å². The number of benzene rings is 3. The van der Waals surface area contributed by atoms with Crippen molar-refractivity contribution in [1.82, 2.24) is 10.2 Å². The second-order valence-corrected chi connectivity index (χ2v) is 12.2. The van der Waals surface area contributed by atoms with Crippen LogP contribution < -0.4 is 9.62 Å². The van der Waals surface area contributed by atoms with Crippen LogP contribution in [-0.2, 0) is 26.2 Å². The maximum Gasteiger partial charge on any atom is 0.264 e. The van der Waals surface area contributed by atoms with Crippen LogP contribution in [0.15, 0.2) is 71.6 Å². The molecule has 1 atom stereocenters.